The van der Waals surface area contributed by atoms with Gasteiger partial charge in [0.05, 0.1) is 0 Å². The number of nitrogens with one attached hydrogen (secondary N) is 1. The molecule has 0 fully saturated rings. The Bertz CT molecular complexity index is 568. The molecule has 4 nitrogen and oxygen atoms in total. The maximum atomic E-state index is 11.9. The first kappa shape index (κ1) is 16.8. The molecule has 122 valence electrons. The highest BCUT2D eigenvalue weighted by molar-refractivity contribution is 7.14. The highest BCUT2D eigenvalue weighted by Crippen LogP contribution is 2.32. The Labute approximate surface area is 129 Å². The summed E-state index contributed by atoms with van der Waals surface area (Å²) in [5.74, 6) is -1.08. The van der Waals surface area contributed by atoms with Gasteiger partial charge in [-0.15, -0.1) is 11.3 Å². The first-order valence-corrected chi connectivity index (χ1v) is 7.68. The Balaban J connectivity index is 1.84. The summed E-state index contributed by atoms with van der Waals surface area (Å²) in [7, 11) is 0. The third-order valence-electron chi connectivity index (χ3n) is 3.35. The molecule has 1 amide bonds. The van der Waals surface area contributed by atoms with Crippen LogP contribution in [0.2, 0.25) is 0 Å². The lowest BCUT2D eigenvalue weighted by molar-refractivity contribution is -0.140. The van der Waals surface area contributed by atoms with E-state index in [0.29, 0.717) is 10.8 Å². The summed E-state index contributed by atoms with van der Waals surface area (Å²) >= 11 is 1.33. The molecule has 0 spiro atoms. The fourth-order valence-corrected chi connectivity index (χ4v) is 3.36. The molecule has 0 aliphatic heterocycles. The summed E-state index contributed by atoms with van der Waals surface area (Å²) in [5, 5.41) is 1.65. The number of carbonyl (C=O) groups is 2. The van der Waals surface area contributed by atoms with Gasteiger partial charge >= 0.3 is 12.1 Å². The molecule has 8 heteroatoms. The van der Waals surface area contributed by atoms with Crippen LogP contribution in [0.1, 0.15) is 33.5 Å². The number of rotatable bonds is 4. The molecule has 1 heterocycles. The van der Waals surface area contributed by atoms with E-state index in [4.69, 9.17) is 4.74 Å². The normalized spacial score (nSPS) is 17.7. The second-order valence-corrected chi connectivity index (χ2v) is 6.51. The molecule has 0 bridgehead atoms. The number of hydrogen-bond donors (Lipinski definition) is 1. The van der Waals surface area contributed by atoms with Crippen LogP contribution in [0.4, 0.5) is 13.2 Å². The van der Waals surface area contributed by atoms with Gasteiger partial charge in [-0.3, -0.25) is 4.79 Å². The van der Waals surface area contributed by atoms with Crippen molar-refractivity contribution in [2.45, 2.75) is 32.4 Å². The SMILES string of the molecule is C[C@H]1CCc2sc(C(=O)OCC(=O)NCC(F)(F)F)cc2C1. The smallest absolute Gasteiger partial charge is 0.405 e. The monoisotopic (exact) mass is 335 g/mol. The maximum Gasteiger partial charge on any atom is 0.405 e. The minimum absolute atomic E-state index is 0.391. The van der Waals surface area contributed by atoms with Gasteiger partial charge in [-0.2, -0.15) is 13.2 Å². The topological polar surface area (TPSA) is 55.4 Å². The molecule has 1 atom stereocenters. The number of esters is 1. The Kier molecular flexibility index (Phi) is 5.10. The van der Waals surface area contributed by atoms with Gasteiger partial charge in [0.2, 0.25) is 0 Å². The Morgan fingerprint density at radius 1 is 1.45 bits per heavy atom. The standard InChI is InChI=1S/C14H16F3NO3S/c1-8-2-3-10-9(4-8)5-11(22-10)13(20)21-6-12(19)18-7-14(15,16)17/h5,8H,2-4,6-7H2,1H3,(H,18,19)/t8-/m0/s1. The van der Waals surface area contributed by atoms with E-state index in [9.17, 15) is 22.8 Å². The zero-order valence-electron chi connectivity index (χ0n) is 12.0. The molecule has 1 aromatic rings. The Hall–Kier alpha value is -1.57. The third-order valence-corrected chi connectivity index (χ3v) is 4.57. The summed E-state index contributed by atoms with van der Waals surface area (Å²) in [5.41, 5.74) is 1.12. The van der Waals surface area contributed by atoms with E-state index >= 15 is 0 Å². The number of carbonyl (C=O) groups excluding carboxylic acids is 2. The highest BCUT2D eigenvalue weighted by atomic mass is 32.1. The highest BCUT2D eigenvalue weighted by Gasteiger charge is 2.28. The van der Waals surface area contributed by atoms with Crippen molar-refractivity contribution in [3.05, 3.63) is 21.4 Å². The van der Waals surface area contributed by atoms with Crippen LogP contribution in [0.15, 0.2) is 6.07 Å². The number of aryl methyl sites for hydroxylation is 1. The van der Waals surface area contributed by atoms with Gasteiger partial charge in [-0.05, 0) is 36.8 Å². The molecule has 1 aliphatic carbocycles. The van der Waals surface area contributed by atoms with Gasteiger partial charge in [-0.25, -0.2) is 4.79 Å². The van der Waals surface area contributed by atoms with E-state index in [1.54, 1.807) is 11.4 Å². The first-order chi connectivity index (χ1) is 10.2. The molecule has 1 N–H and O–H groups in total. The fourth-order valence-electron chi connectivity index (χ4n) is 2.26. The van der Waals surface area contributed by atoms with Gasteiger partial charge in [0.15, 0.2) is 6.61 Å². The van der Waals surface area contributed by atoms with Crippen LogP contribution in [0.25, 0.3) is 0 Å². The predicted molar refractivity (Wildman–Crippen MR) is 74.9 cm³/mol. The molecule has 0 saturated heterocycles. The zero-order valence-corrected chi connectivity index (χ0v) is 12.8. The van der Waals surface area contributed by atoms with Crippen molar-refractivity contribution in [1.29, 1.82) is 0 Å². The van der Waals surface area contributed by atoms with Crippen molar-refractivity contribution in [1.82, 2.24) is 5.32 Å². The number of fused-ring (bicyclic) bond motifs is 1. The zero-order chi connectivity index (χ0) is 16.3. The van der Waals surface area contributed by atoms with Crippen LogP contribution < -0.4 is 5.32 Å². The number of ether oxygens (including phenoxy) is 1. The van der Waals surface area contributed by atoms with Crippen LogP contribution in [-0.4, -0.2) is 31.2 Å². The Morgan fingerprint density at radius 3 is 2.86 bits per heavy atom. The summed E-state index contributed by atoms with van der Waals surface area (Å²) < 4.78 is 40.5. The van der Waals surface area contributed by atoms with E-state index < -0.39 is 31.2 Å². The summed E-state index contributed by atoms with van der Waals surface area (Å²) in [6.07, 6.45) is -1.59. The average molecular weight is 335 g/mol. The van der Waals surface area contributed by atoms with Crippen molar-refractivity contribution in [3.8, 4) is 0 Å². The molecule has 1 aliphatic rings. The third kappa shape index (κ3) is 4.72. The van der Waals surface area contributed by atoms with Gasteiger partial charge in [0, 0.05) is 4.88 Å². The van der Waals surface area contributed by atoms with Crippen molar-refractivity contribution in [2.24, 2.45) is 5.92 Å². The minimum Gasteiger partial charge on any atom is -0.451 e. The second kappa shape index (κ2) is 6.68. The number of thiophene rings is 1. The van der Waals surface area contributed by atoms with Crippen molar-refractivity contribution in [2.75, 3.05) is 13.2 Å². The molecule has 2 rings (SSSR count). The first-order valence-electron chi connectivity index (χ1n) is 6.87. The molecular weight excluding hydrogens is 319 g/mol. The van der Waals surface area contributed by atoms with Gasteiger partial charge in [0.1, 0.15) is 11.4 Å². The molecule has 0 saturated carbocycles. The minimum atomic E-state index is -4.48. The average Bonchev–Trinajstić information content (AvgIpc) is 2.84. The second-order valence-electron chi connectivity index (χ2n) is 5.38. The molecule has 0 radical (unpaired) electrons. The van der Waals surface area contributed by atoms with Crippen LogP contribution in [-0.2, 0) is 22.4 Å². The largest absolute Gasteiger partial charge is 0.451 e. The quantitative estimate of drug-likeness (QED) is 0.861. The van der Waals surface area contributed by atoms with Gasteiger partial charge in [0.25, 0.3) is 5.91 Å². The van der Waals surface area contributed by atoms with E-state index in [0.717, 1.165) is 29.7 Å². The van der Waals surface area contributed by atoms with Gasteiger partial charge in [-0.1, -0.05) is 6.92 Å². The number of amides is 1. The lowest BCUT2D eigenvalue weighted by Crippen LogP contribution is -2.36. The fraction of sp³-hybridized carbons (Fsp3) is 0.571. The summed E-state index contributed by atoms with van der Waals surface area (Å²) in [4.78, 5) is 24.6. The molecule has 22 heavy (non-hydrogen) atoms. The van der Waals surface area contributed by atoms with Crippen molar-refractivity contribution >= 4 is 23.2 Å². The molecular formula is C14H16F3NO3S. The van der Waals surface area contributed by atoms with Crippen LogP contribution in [0.5, 0.6) is 0 Å². The van der Waals surface area contributed by atoms with Crippen molar-refractivity contribution in [3.63, 3.8) is 0 Å². The van der Waals surface area contributed by atoms with Crippen LogP contribution in [0, 0.1) is 5.92 Å². The van der Waals surface area contributed by atoms with E-state index in [1.807, 2.05) is 0 Å². The molecule has 0 unspecified atom stereocenters. The lowest BCUT2D eigenvalue weighted by atomic mass is 9.90. The summed E-state index contributed by atoms with van der Waals surface area (Å²) in [6, 6.07) is 1.76. The number of alkyl halides is 3. The van der Waals surface area contributed by atoms with Crippen LogP contribution >= 0.6 is 11.3 Å². The lowest BCUT2D eigenvalue weighted by Gasteiger charge is -2.16. The van der Waals surface area contributed by atoms with E-state index in [2.05, 4.69) is 6.92 Å². The molecule has 0 aromatic carbocycles. The Morgan fingerprint density at radius 2 is 2.18 bits per heavy atom. The number of hydrogen-bond acceptors (Lipinski definition) is 4. The predicted octanol–water partition coefficient (Wildman–Crippen LogP) is 2.71. The van der Waals surface area contributed by atoms with Crippen LogP contribution in [0.3, 0.4) is 0 Å². The van der Waals surface area contributed by atoms with E-state index in [1.165, 1.54) is 11.3 Å². The van der Waals surface area contributed by atoms with E-state index in [-0.39, 0.29) is 0 Å². The molecule has 1 aromatic heterocycles. The van der Waals surface area contributed by atoms with Gasteiger partial charge < -0.3 is 10.1 Å². The number of halogens is 3. The van der Waals surface area contributed by atoms with Crippen molar-refractivity contribution < 1.29 is 27.5 Å². The maximum absolute atomic E-state index is 11.9. The summed E-state index contributed by atoms with van der Waals surface area (Å²) in [6.45, 7) is -0.00790.